The molecule has 0 aliphatic heterocycles. The van der Waals surface area contributed by atoms with Crippen LogP contribution in [0.25, 0.3) is 0 Å². The Kier molecular flexibility index (Phi) is 26.0. The molecule has 5 nitrogen and oxygen atoms in total. The van der Waals surface area contributed by atoms with E-state index in [2.05, 4.69) is 0 Å². The van der Waals surface area contributed by atoms with E-state index >= 15 is 0 Å². The predicted molar refractivity (Wildman–Crippen MR) is 10.7 cm³/mol. The Labute approximate surface area is 95.0 Å². The van der Waals surface area contributed by atoms with Gasteiger partial charge >= 0.3 is 91.2 Å². The van der Waals surface area contributed by atoms with E-state index < -0.39 is 19.0 Å². The fraction of sp³-hybridized carbons (Fsp3) is 0. The normalized spacial score (nSPS) is 7.25. The van der Waals surface area contributed by atoms with Crippen molar-refractivity contribution in [2.24, 2.45) is 0 Å². The van der Waals surface area contributed by atoms with E-state index in [1.54, 1.807) is 0 Å². The van der Waals surface area contributed by atoms with Crippen LogP contribution in [0.4, 0.5) is 0 Å². The average molecular weight is 256 g/mol. The molecule has 0 aliphatic rings. The van der Waals surface area contributed by atoms with Crippen LogP contribution in [-0.4, -0.2) is 24.4 Å². The Morgan fingerprint density at radius 1 is 1.00 bits per heavy atom. The van der Waals surface area contributed by atoms with Crippen molar-refractivity contribution < 1.29 is 77.7 Å². The number of rotatable bonds is 0. The first-order valence-corrected chi connectivity index (χ1v) is 4.47. The zero-order valence-electron chi connectivity index (χ0n) is 4.54. The predicted octanol–water partition coefficient (Wildman–Crippen LogP) is -9.81. The van der Waals surface area contributed by atoms with Gasteiger partial charge in [-0.15, -0.1) is 0 Å². The molecule has 0 saturated carbocycles. The molecule has 0 heterocycles. The number of hydrogen-bond acceptors (Lipinski definition) is 4. The van der Waals surface area contributed by atoms with Gasteiger partial charge in [0.15, 0.2) is 0 Å². The van der Waals surface area contributed by atoms with Gasteiger partial charge in [-0.3, -0.25) is 0 Å². The van der Waals surface area contributed by atoms with Crippen molar-refractivity contribution in [1.82, 2.24) is 0 Å². The Bertz CT molecular complexity index is 93.6. The molecule has 0 atom stereocenters. The zero-order valence-corrected chi connectivity index (χ0v) is 10.9. The molecule has 0 aromatic carbocycles. The SMILES string of the molecule is O.O=[Te](=O)([O-])[O-].[Na+].[Na+]. The third-order valence-corrected chi connectivity index (χ3v) is 0. The molecule has 0 amide bonds. The molecule has 0 aromatic heterocycles. The van der Waals surface area contributed by atoms with Gasteiger partial charge in [0.25, 0.3) is 0 Å². The summed E-state index contributed by atoms with van der Waals surface area (Å²) in [6, 6.07) is 0. The third-order valence-electron chi connectivity index (χ3n) is 0. The molecule has 8 heavy (non-hydrogen) atoms. The molecule has 2 N–H and O–H groups in total. The summed E-state index contributed by atoms with van der Waals surface area (Å²) in [5.74, 6) is 0. The smallest absolute Gasteiger partial charge is 1.00 e. The van der Waals surface area contributed by atoms with E-state index in [0.29, 0.717) is 0 Å². The summed E-state index contributed by atoms with van der Waals surface area (Å²) < 4.78 is 34.5. The van der Waals surface area contributed by atoms with E-state index in [9.17, 15) is 0 Å². The second-order valence-corrected chi connectivity index (χ2v) is 2.74. The minimum Gasteiger partial charge on any atom is 1.00 e. The Morgan fingerprint density at radius 2 is 1.00 bits per heavy atom. The first-order chi connectivity index (χ1) is 2.00. The van der Waals surface area contributed by atoms with Crippen molar-refractivity contribution in [1.29, 1.82) is 0 Å². The van der Waals surface area contributed by atoms with Gasteiger partial charge < -0.3 is 5.48 Å². The molecule has 0 fully saturated rings. The van der Waals surface area contributed by atoms with Gasteiger partial charge in [-0.25, -0.2) is 0 Å². The van der Waals surface area contributed by atoms with Crippen LogP contribution in [0.5, 0.6) is 0 Å². The Balaban J connectivity index is -0.0000000267. The Hall–Kier alpha value is 2.27. The monoisotopic (exact) mass is 258 g/mol. The summed E-state index contributed by atoms with van der Waals surface area (Å²) in [6.07, 6.45) is 0. The molecule has 0 bridgehead atoms. The van der Waals surface area contributed by atoms with E-state index in [1.807, 2.05) is 0 Å². The quantitative estimate of drug-likeness (QED) is 0.400. The van der Waals surface area contributed by atoms with Gasteiger partial charge in [0.1, 0.15) is 0 Å². The maximum absolute atomic E-state index is 8.63. The second kappa shape index (κ2) is 9.27. The molecule has 0 unspecified atom stereocenters. The molecule has 0 aromatic rings. The van der Waals surface area contributed by atoms with Crippen molar-refractivity contribution in [2.75, 3.05) is 0 Å². The Morgan fingerprint density at radius 3 is 1.00 bits per heavy atom. The molecular formula is H2Na2O5Te. The van der Waals surface area contributed by atoms with E-state index in [1.165, 1.54) is 0 Å². The summed E-state index contributed by atoms with van der Waals surface area (Å²) in [6.45, 7) is 0. The molecule has 40 valence electrons. The molecule has 0 saturated heterocycles. The fourth-order valence-electron chi connectivity index (χ4n) is 0. The van der Waals surface area contributed by atoms with Gasteiger partial charge in [-0.2, -0.15) is 0 Å². The van der Waals surface area contributed by atoms with E-state index in [0.717, 1.165) is 0 Å². The van der Waals surface area contributed by atoms with Crippen LogP contribution >= 0.6 is 0 Å². The number of hydrogen-bond donors (Lipinski definition) is 0. The minimum absolute atomic E-state index is 0. The van der Waals surface area contributed by atoms with Crippen molar-refractivity contribution >= 4 is 19.0 Å². The zero-order chi connectivity index (χ0) is 4.50. The van der Waals surface area contributed by atoms with Crippen LogP contribution in [-0.2, 0) is 6.21 Å². The van der Waals surface area contributed by atoms with Gasteiger partial charge in [0, 0.05) is 0 Å². The molecule has 0 spiro atoms. The van der Waals surface area contributed by atoms with Crippen molar-refractivity contribution in [2.45, 2.75) is 0 Å². The van der Waals surface area contributed by atoms with Crippen molar-refractivity contribution in [3.8, 4) is 0 Å². The maximum atomic E-state index is 8.63. The minimum atomic E-state index is -6.02. The molecule has 0 rings (SSSR count). The van der Waals surface area contributed by atoms with Gasteiger partial charge in [0.05, 0.1) is 0 Å². The molecule has 8 heteroatoms. The van der Waals surface area contributed by atoms with Gasteiger partial charge in [-0.1, -0.05) is 0 Å². The molecule has 0 aliphatic carbocycles. The summed E-state index contributed by atoms with van der Waals surface area (Å²) in [5.41, 5.74) is 0. The largest absolute Gasteiger partial charge is 1.00 e. The topological polar surface area (TPSA) is 112 Å². The van der Waals surface area contributed by atoms with Crippen molar-refractivity contribution in [3.05, 3.63) is 0 Å². The summed E-state index contributed by atoms with van der Waals surface area (Å²) in [5, 5.41) is 0. The van der Waals surface area contributed by atoms with Crippen LogP contribution in [0, 0.1) is 0 Å². The second-order valence-electron chi connectivity index (χ2n) is 0.408. The molecular weight excluding hydrogens is 254 g/mol. The average Bonchev–Trinajstić information content (AvgIpc) is 0.722. The fourth-order valence-corrected chi connectivity index (χ4v) is 0. The van der Waals surface area contributed by atoms with Crippen LogP contribution in [0.2, 0.25) is 0 Å². The van der Waals surface area contributed by atoms with Crippen LogP contribution in [0.1, 0.15) is 0 Å². The molecule has 0 radical (unpaired) electrons. The first-order valence-electron chi connectivity index (χ1n) is 0.667. The van der Waals surface area contributed by atoms with E-state index in [4.69, 9.17) is 13.2 Å². The van der Waals surface area contributed by atoms with Crippen molar-refractivity contribution in [3.63, 3.8) is 0 Å². The summed E-state index contributed by atoms with van der Waals surface area (Å²) >= 11 is -6.02. The standard InChI is InChI=1S/2Na.H2O4Te.H2O/c;;1-5(2,3)4;/h;;(H2,1,2,3,4);1H2/q2*+1;;/p-2. The van der Waals surface area contributed by atoms with Gasteiger partial charge in [0.2, 0.25) is 0 Å². The van der Waals surface area contributed by atoms with Gasteiger partial charge in [-0.05, 0) is 0 Å². The summed E-state index contributed by atoms with van der Waals surface area (Å²) in [7, 11) is 0. The van der Waals surface area contributed by atoms with Crippen LogP contribution in [0.15, 0.2) is 0 Å². The third kappa shape index (κ3) is 84.8. The maximum Gasteiger partial charge on any atom is 1.00 e. The first kappa shape index (κ1) is 22.4. The van der Waals surface area contributed by atoms with Crippen LogP contribution in [0.3, 0.4) is 0 Å². The van der Waals surface area contributed by atoms with Crippen LogP contribution < -0.4 is 66.1 Å². The summed E-state index contributed by atoms with van der Waals surface area (Å²) in [4.78, 5) is 0. The van der Waals surface area contributed by atoms with E-state index in [-0.39, 0.29) is 64.6 Å².